The van der Waals surface area contributed by atoms with Gasteiger partial charge >= 0.3 is 6.18 Å². The van der Waals surface area contributed by atoms with Crippen LogP contribution in [0.1, 0.15) is 11.1 Å². The summed E-state index contributed by atoms with van der Waals surface area (Å²) in [5.74, 6) is 0.888. The van der Waals surface area contributed by atoms with Gasteiger partial charge in [-0.15, -0.1) is 0 Å². The van der Waals surface area contributed by atoms with E-state index >= 15 is 0 Å². The molecular weight excluding hydrogens is 305 g/mol. The van der Waals surface area contributed by atoms with Gasteiger partial charge in [-0.05, 0) is 17.7 Å². The van der Waals surface area contributed by atoms with E-state index in [0.29, 0.717) is 12.1 Å². The van der Waals surface area contributed by atoms with Crippen LogP contribution in [0.4, 0.5) is 19.0 Å². The van der Waals surface area contributed by atoms with Crippen molar-refractivity contribution in [2.24, 2.45) is 0 Å². The normalized spacial score (nSPS) is 16.6. The summed E-state index contributed by atoms with van der Waals surface area (Å²) >= 11 is 0. The maximum Gasteiger partial charge on any atom is 0.416 e. The second-order valence-electron chi connectivity index (χ2n) is 5.53. The average Bonchev–Trinajstić information content (AvgIpc) is 2.56. The molecule has 1 fully saturated rings. The first-order valence-corrected chi connectivity index (χ1v) is 7.42. The van der Waals surface area contributed by atoms with Crippen molar-refractivity contribution in [3.8, 4) is 0 Å². The van der Waals surface area contributed by atoms with Crippen molar-refractivity contribution < 1.29 is 13.2 Å². The number of anilines is 1. The lowest BCUT2D eigenvalue weighted by Crippen LogP contribution is -2.46. The Morgan fingerprint density at radius 3 is 2.48 bits per heavy atom. The Labute approximate surface area is 132 Å². The number of rotatable bonds is 3. The zero-order valence-corrected chi connectivity index (χ0v) is 12.5. The molecule has 3 rings (SSSR count). The first-order chi connectivity index (χ1) is 11.0. The van der Waals surface area contributed by atoms with E-state index in [9.17, 15) is 13.2 Å². The maximum absolute atomic E-state index is 12.8. The van der Waals surface area contributed by atoms with Gasteiger partial charge < -0.3 is 4.90 Å². The van der Waals surface area contributed by atoms with Crippen LogP contribution < -0.4 is 4.90 Å². The smallest absolute Gasteiger partial charge is 0.354 e. The number of nitrogens with zero attached hydrogens (tertiary/aromatic N) is 4. The summed E-state index contributed by atoms with van der Waals surface area (Å²) in [6.07, 6.45) is -1.07. The third kappa shape index (κ3) is 3.98. The topological polar surface area (TPSA) is 32.3 Å². The van der Waals surface area contributed by atoms with Crippen LogP contribution in [-0.2, 0) is 12.7 Å². The Morgan fingerprint density at radius 1 is 1.04 bits per heavy atom. The van der Waals surface area contributed by atoms with E-state index in [1.807, 2.05) is 6.07 Å². The van der Waals surface area contributed by atoms with Crippen LogP contribution >= 0.6 is 0 Å². The van der Waals surface area contributed by atoms with E-state index in [2.05, 4.69) is 19.8 Å². The zero-order chi connectivity index (χ0) is 16.3. The first kappa shape index (κ1) is 15.7. The molecule has 23 heavy (non-hydrogen) atoms. The third-order valence-corrected chi connectivity index (χ3v) is 3.92. The highest BCUT2D eigenvalue weighted by molar-refractivity contribution is 5.37. The highest BCUT2D eigenvalue weighted by Crippen LogP contribution is 2.29. The van der Waals surface area contributed by atoms with Crippen molar-refractivity contribution >= 4 is 5.82 Å². The summed E-state index contributed by atoms with van der Waals surface area (Å²) in [6, 6.07) is 7.41. The molecule has 1 saturated heterocycles. The number of aromatic nitrogens is 2. The van der Waals surface area contributed by atoms with Crippen molar-refractivity contribution in [1.29, 1.82) is 0 Å². The van der Waals surface area contributed by atoms with Gasteiger partial charge in [-0.1, -0.05) is 18.2 Å². The molecule has 7 heteroatoms. The van der Waals surface area contributed by atoms with Crippen molar-refractivity contribution in [3.63, 3.8) is 0 Å². The molecule has 1 aromatic heterocycles. The highest BCUT2D eigenvalue weighted by atomic mass is 19.4. The van der Waals surface area contributed by atoms with Gasteiger partial charge in [-0.2, -0.15) is 13.2 Å². The van der Waals surface area contributed by atoms with E-state index in [4.69, 9.17) is 0 Å². The minimum absolute atomic E-state index is 0.529. The van der Waals surface area contributed by atoms with Crippen LogP contribution in [0.15, 0.2) is 42.9 Å². The van der Waals surface area contributed by atoms with Crippen LogP contribution in [0.3, 0.4) is 0 Å². The molecule has 2 aromatic rings. The summed E-state index contributed by atoms with van der Waals surface area (Å²) in [4.78, 5) is 12.4. The molecule has 0 unspecified atom stereocenters. The first-order valence-electron chi connectivity index (χ1n) is 7.42. The van der Waals surface area contributed by atoms with Crippen LogP contribution in [0.2, 0.25) is 0 Å². The third-order valence-electron chi connectivity index (χ3n) is 3.92. The fourth-order valence-electron chi connectivity index (χ4n) is 2.71. The molecule has 0 spiro atoms. The summed E-state index contributed by atoms with van der Waals surface area (Å²) < 4.78 is 38.3. The highest BCUT2D eigenvalue weighted by Gasteiger charge is 2.30. The Morgan fingerprint density at radius 2 is 1.83 bits per heavy atom. The van der Waals surface area contributed by atoms with Crippen LogP contribution in [-0.4, -0.2) is 41.0 Å². The maximum atomic E-state index is 12.8. The molecule has 1 aliphatic heterocycles. The van der Waals surface area contributed by atoms with E-state index in [1.54, 1.807) is 12.3 Å². The van der Waals surface area contributed by atoms with Crippen LogP contribution in [0.5, 0.6) is 0 Å². The average molecular weight is 322 g/mol. The van der Waals surface area contributed by atoms with Gasteiger partial charge in [0.2, 0.25) is 0 Å². The van der Waals surface area contributed by atoms with Crippen molar-refractivity contribution in [2.45, 2.75) is 12.7 Å². The second kappa shape index (κ2) is 6.54. The van der Waals surface area contributed by atoms with E-state index in [0.717, 1.165) is 38.1 Å². The lowest BCUT2D eigenvalue weighted by Gasteiger charge is -2.35. The minimum Gasteiger partial charge on any atom is -0.354 e. The van der Waals surface area contributed by atoms with E-state index in [1.165, 1.54) is 18.5 Å². The molecule has 0 bridgehead atoms. The monoisotopic (exact) mass is 322 g/mol. The van der Waals surface area contributed by atoms with E-state index in [-0.39, 0.29) is 0 Å². The molecule has 0 radical (unpaired) electrons. The SMILES string of the molecule is FC(F)(F)c1cccc(CN2CCN(c3ccncn3)CC2)c1. The number of benzene rings is 1. The Hall–Kier alpha value is -2.15. The van der Waals surface area contributed by atoms with Gasteiger partial charge in [0, 0.05) is 38.9 Å². The van der Waals surface area contributed by atoms with Gasteiger partial charge in [0.1, 0.15) is 12.1 Å². The molecule has 4 nitrogen and oxygen atoms in total. The molecule has 2 heterocycles. The van der Waals surface area contributed by atoms with Gasteiger partial charge in [-0.3, -0.25) is 4.90 Å². The number of hydrogen-bond donors (Lipinski definition) is 0. The molecule has 0 atom stereocenters. The summed E-state index contributed by atoms with van der Waals surface area (Å²) in [5.41, 5.74) is 0.102. The number of hydrogen-bond acceptors (Lipinski definition) is 4. The van der Waals surface area contributed by atoms with Gasteiger partial charge in [0.15, 0.2) is 0 Å². The number of halogens is 3. The van der Waals surface area contributed by atoms with E-state index < -0.39 is 11.7 Å². The lowest BCUT2D eigenvalue weighted by molar-refractivity contribution is -0.137. The fraction of sp³-hybridized carbons (Fsp3) is 0.375. The predicted octanol–water partition coefficient (Wildman–Crippen LogP) is 2.82. The lowest BCUT2D eigenvalue weighted by atomic mass is 10.1. The standard InChI is InChI=1S/C16H17F3N4/c17-16(18,19)14-3-1-2-13(10-14)11-22-6-8-23(9-7-22)15-4-5-20-12-21-15/h1-5,10,12H,6-9,11H2. The summed E-state index contributed by atoms with van der Waals surface area (Å²) in [7, 11) is 0. The van der Waals surface area contributed by atoms with Gasteiger partial charge in [0.05, 0.1) is 5.56 Å². The predicted molar refractivity (Wildman–Crippen MR) is 81.0 cm³/mol. The molecule has 122 valence electrons. The largest absolute Gasteiger partial charge is 0.416 e. The Kier molecular flexibility index (Phi) is 4.47. The number of piperazine rings is 1. The number of alkyl halides is 3. The van der Waals surface area contributed by atoms with Crippen molar-refractivity contribution in [1.82, 2.24) is 14.9 Å². The van der Waals surface area contributed by atoms with Crippen LogP contribution in [0.25, 0.3) is 0 Å². The minimum atomic E-state index is -4.29. The molecular formula is C16H17F3N4. The Bertz CT molecular complexity index is 637. The molecule has 0 saturated carbocycles. The second-order valence-corrected chi connectivity index (χ2v) is 5.53. The molecule has 1 aliphatic rings. The zero-order valence-electron chi connectivity index (χ0n) is 12.5. The van der Waals surface area contributed by atoms with Crippen molar-refractivity contribution in [2.75, 3.05) is 31.1 Å². The summed E-state index contributed by atoms with van der Waals surface area (Å²) in [5, 5.41) is 0. The Balaban J connectivity index is 1.59. The van der Waals surface area contributed by atoms with Crippen molar-refractivity contribution in [3.05, 3.63) is 54.0 Å². The van der Waals surface area contributed by atoms with Crippen LogP contribution in [0, 0.1) is 0 Å². The molecule has 0 amide bonds. The quantitative estimate of drug-likeness (QED) is 0.870. The fourth-order valence-corrected chi connectivity index (χ4v) is 2.71. The molecule has 0 aliphatic carbocycles. The van der Waals surface area contributed by atoms with Gasteiger partial charge in [0.25, 0.3) is 0 Å². The van der Waals surface area contributed by atoms with Gasteiger partial charge in [-0.25, -0.2) is 9.97 Å². The molecule has 0 N–H and O–H groups in total. The molecule has 1 aromatic carbocycles. The summed E-state index contributed by atoms with van der Waals surface area (Å²) in [6.45, 7) is 3.72.